The Bertz CT molecular complexity index is 304. The van der Waals surface area contributed by atoms with Gasteiger partial charge < -0.3 is 4.90 Å². The lowest BCUT2D eigenvalue weighted by Crippen LogP contribution is -2.44. The first-order valence-electron chi connectivity index (χ1n) is 7.85. The fraction of sp³-hybridized carbons (Fsp3) is 0.933. The van der Waals surface area contributed by atoms with Gasteiger partial charge in [0.15, 0.2) is 0 Å². The average Bonchev–Trinajstić information content (AvgIpc) is 3.08. The minimum absolute atomic E-state index is 0.145. The zero-order valence-corrected chi connectivity index (χ0v) is 11.4. The second kappa shape index (κ2) is 5.20. The highest BCUT2D eigenvalue weighted by Crippen LogP contribution is 2.34. The van der Waals surface area contributed by atoms with Crippen molar-refractivity contribution in [2.24, 2.45) is 5.92 Å². The van der Waals surface area contributed by atoms with E-state index in [9.17, 15) is 4.79 Å². The van der Waals surface area contributed by atoms with Gasteiger partial charge >= 0.3 is 0 Å². The van der Waals surface area contributed by atoms with Crippen LogP contribution in [-0.2, 0) is 4.79 Å². The summed E-state index contributed by atoms with van der Waals surface area (Å²) in [5.74, 6) is 1.35. The summed E-state index contributed by atoms with van der Waals surface area (Å²) in [5.41, 5.74) is -0.145. The second-order valence-electron chi connectivity index (χ2n) is 6.49. The first-order valence-corrected chi connectivity index (χ1v) is 7.85. The van der Waals surface area contributed by atoms with E-state index in [1.54, 1.807) is 0 Å². The summed E-state index contributed by atoms with van der Waals surface area (Å²) in [6.07, 6.45) is 12.8. The van der Waals surface area contributed by atoms with Crippen LogP contribution in [0.4, 0.5) is 0 Å². The van der Waals surface area contributed by atoms with E-state index in [1.807, 2.05) is 0 Å². The number of amides is 1. The Morgan fingerprint density at radius 3 is 2.61 bits per heavy atom. The summed E-state index contributed by atoms with van der Waals surface area (Å²) in [5, 5.41) is 3.49. The van der Waals surface area contributed by atoms with Crippen molar-refractivity contribution in [3.8, 4) is 0 Å². The highest BCUT2D eigenvalue weighted by molar-refractivity contribution is 5.88. The van der Waals surface area contributed by atoms with E-state index >= 15 is 0 Å². The number of hydrogen-bond acceptors (Lipinski definition) is 2. The molecule has 1 heterocycles. The Kier molecular flexibility index (Phi) is 3.60. The van der Waals surface area contributed by atoms with Crippen molar-refractivity contribution in [1.29, 1.82) is 0 Å². The molecule has 1 saturated heterocycles. The third-order valence-corrected chi connectivity index (χ3v) is 5.28. The van der Waals surface area contributed by atoms with Gasteiger partial charge in [0.05, 0.1) is 12.2 Å². The first-order chi connectivity index (χ1) is 8.80. The Labute approximate surface area is 110 Å². The second-order valence-corrected chi connectivity index (χ2v) is 6.49. The molecule has 0 aromatic rings. The van der Waals surface area contributed by atoms with E-state index in [0.717, 1.165) is 32.0 Å². The maximum atomic E-state index is 12.4. The lowest BCUT2D eigenvalue weighted by Gasteiger charge is -2.21. The summed E-state index contributed by atoms with van der Waals surface area (Å²) in [6, 6.07) is 0. The van der Waals surface area contributed by atoms with E-state index in [0.29, 0.717) is 5.91 Å². The molecule has 3 aliphatic rings. The average molecular weight is 250 g/mol. The largest absolute Gasteiger partial charge is 0.328 e. The molecule has 1 amide bonds. The molecule has 1 spiro atoms. The van der Waals surface area contributed by atoms with Crippen molar-refractivity contribution in [3.05, 3.63) is 0 Å². The van der Waals surface area contributed by atoms with Crippen molar-refractivity contribution in [2.75, 3.05) is 13.2 Å². The zero-order chi connectivity index (χ0) is 12.4. The third kappa shape index (κ3) is 2.29. The molecule has 1 N–H and O–H groups in total. The molecule has 0 radical (unpaired) electrons. The van der Waals surface area contributed by atoms with Crippen LogP contribution in [0.3, 0.4) is 0 Å². The minimum Gasteiger partial charge on any atom is -0.328 e. The molecule has 0 aromatic heterocycles. The van der Waals surface area contributed by atoms with Crippen molar-refractivity contribution in [2.45, 2.75) is 69.7 Å². The van der Waals surface area contributed by atoms with Gasteiger partial charge in [0.1, 0.15) is 0 Å². The van der Waals surface area contributed by atoms with Crippen LogP contribution in [0.2, 0.25) is 0 Å². The summed E-state index contributed by atoms with van der Waals surface area (Å²) >= 11 is 0. The molecule has 2 aliphatic carbocycles. The maximum Gasteiger partial charge on any atom is 0.243 e. The van der Waals surface area contributed by atoms with Crippen molar-refractivity contribution >= 4 is 5.91 Å². The molecular formula is C15H26N2O. The van der Waals surface area contributed by atoms with Gasteiger partial charge in [-0.15, -0.1) is 0 Å². The fourth-order valence-electron chi connectivity index (χ4n) is 4.12. The molecule has 0 unspecified atom stereocenters. The lowest BCUT2D eigenvalue weighted by atomic mass is 9.97. The van der Waals surface area contributed by atoms with Gasteiger partial charge in [-0.3, -0.25) is 10.1 Å². The molecule has 3 rings (SSSR count). The topological polar surface area (TPSA) is 32.3 Å². The predicted molar refractivity (Wildman–Crippen MR) is 72.1 cm³/mol. The maximum absolute atomic E-state index is 12.4. The van der Waals surface area contributed by atoms with E-state index in [2.05, 4.69) is 10.2 Å². The normalized spacial score (nSPS) is 27.8. The first kappa shape index (κ1) is 12.5. The van der Waals surface area contributed by atoms with Crippen LogP contribution < -0.4 is 5.32 Å². The van der Waals surface area contributed by atoms with Gasteiger partial charge in [-0.2, -0.15) is 0 Å². The molecule has 1 aliphatic heterocycles. The quantitative estimate of drug-likeness (QED) is 0.832. The minimum atomic E-state index is -0.145. The van der Waals surface area contributed by atoms with Gasteiger partial charge in [-0.25, -0.2) is 0 Å². The molecule has 3 heteroatoms. The highest BCUT2D eigenvalue weighted by Gasteiger charge is 2.47. The van der Waals surface area contributed by atoms with Crippen LogP contribution in [0.1, 0.15) is 64.2 Å². The number of carbonyl (C=O) groups is 1. The molecule has 2 saturated carbocycles. The van der Waals surface area contributed by atoms with Gasteiger partial charge in [0.2, 0.25) is 5.91 Å². The van der Waals surface area contributed by atoms with Gasteiger partial charge in [0, 0.05) is 6.54 Å². The van der Waals surface area contributed by atoms with Crippen molar-refractivity contribution < 1.29 is 4.79 Å². The molecular weight excluding hydrogens is 224 g/mol. The van der Waals surface area contributed by atoms with Crippen molar-refractivity contribution in [3.63, 3.8) is 0 Å². The Morgan fingerprint density at radius 1 is 1.17 bits per heavy atom. The smallest absolute Gasteiger partial charge is 0.243 e. The van der Waals surface area contributed by atoms with E-state index < -0.39 is 0 Å². The van der Waals surface area contributed by atoms with Crippen LogP contribution in [0.5, 0.6) is 0 Å². The Morgan fingerprint density at radius 2 is 1.89 bits per heavy atom. The van der Waals surface area contributed by atoms with Crippen LogP contribution in [0.15, 0.2) is 0 Å². The number of carbonyl (C=O) groups excluding carboxylic acids is 1. The number of rotatable bonds is 4. The summed E-state index contributed by atoms with van der Waals surface area (Å²) in [7, 11) is 0. The number of nitrogens with one attached hydrogen (secondary N) is 1. The van der Waals surface area contributed by atoms with Crippen LogP contribution >= 0.6 is 0 Å². The molecule has 102 valence electrons. The van der Waals surface area contributed by atoms with Crippen LogP contribution in [-0.4, -0.2) is 29.6 Å². The summed E-state index contributed by atoms with van der Waals surface area (Å²) in [4.78, 5) is 14.5. The van der Waals surface area contributed by atoms with Crippen LogP contribution in [0.25, 0.3) is 0 Å². The zero-order valence-electron chi connectivity index (χ0n) is 11.4. The highest BCUT2D eigenvalue weighted by atomic mass is 16.2. The number of hydrogen-bond donors (Lipinski definition) is 1. The van der Waals surface area contributed by atoms with E-state index in [4.69, 9.17) is 0 Å². The Hall–Kier alpha value is -0.570. The van der Waals surface area contributed by atoms with Gasteiger partial charge in [-0.1, -0.05) is 38.5 Å². The van der Waals surface area contributed by atoms with Crippen molar-refractivity contribution in [1.82, 2.24) is 10.2 Å². The summed E-state index contributed by atoms with van der Waals surface area (Å²) < 4.78 is 0. The monoisotopic (exact) mass is 250 g/mol. The predicted octanol–water partition coefficient (Wildman–Crippen LogP) is 2.66. The fourth-order valence-corrected chi connectivity index (χ4v) is 4.12. The molecule has 3 fully saturated rings. The molecule has 3 nitrogen and oxygen atoms in total. The molecule has 0 atom stereocenters. The van der Waals surface area contributed by atoms with Crippen LogP contribution in [0, 0.1) is 5.92 Å². The standard InChI is InChI=1S/C15H26N2O/c18-14-15(9-3-4-10-15)16-12-17(14)11-5-8-13-6-1-2-7-13/h13,16H,1-12H2. The third-order valence-electron chi connectivity index (χ3n) is 5.28. The van der Waals surface area contributed by atoms with Gasteiger partial charge in [-0.05, 0) is 31.6 Å². The lowest BCUT2D eigenvalue weighted by molar-refractivity contribution is -0.132. The molecule has 0 aromatic carbocycles. The van der Waals surface area contributed by atoms with E-state index in [-0.39, 0.29) is 5.54 Å². The summed E-state index contributed by atoms with van der Waals surface area (Å²) in [6.45, 7) is 1.77. The molecule has 0 bridgehead atoms. The SMILES string of the molecule is O=C1N(CCCC2CCCC2)CNC12CCCC2. The Balaban J connectivity index is 1.44. The van der Waals surface area contributed by atoms with E-state index in [1.165, 1.54) is 51.4 Å². The van der Waals surface area contributed by atoms with Gasteiger partial charge in [0.25, 0.3) is 0 Å². The number of nitrogens with zero attached hydrogens (tertiary/aromatic N) is 1. The molecule has 18 heavy (non-hydrogen) atoms.